The fourth-order valence-corrected chi connectivity index (χ4v) is 2.20. The largest absolute Gasteiger partial charge is 0.481 e. The van der Waals surface area contributed by atoms with E-state index in [9.17, 15) is 18.0 Å². The highest BCUT2D eigenvalue weighted by Crippen LogP contribution is 2.10. The molecule has 0 spiro atoms. The van der Waals surface area contributed by atoms with Crippen molar-refractivity contribution in [1.82, 2.24) is 4.72 Å². The molecule has 0 aliphatic heterocycles. The molecule has 0 unspecified atom stereocenters. The predicted octanol–water partition coefficient (Wildman–Crippen LogP) is -0.923. The van der Waals surface area contributed by atoms with Gasteiger partial charge in [0.2, 0.25) is 15.9 Å². The number of carbonyl (C=O) groups is 2. The lowest BCUT2D eigenvalue weighted by atomic mass is 10.2. The van der Waals surface area contributed by atoms with Crippen LogP contribution in [0, 0.1) is 0 Å². The number of primary amides is 1. The lowest BCUT2D eigenvalue weighted by Crippen LogP contribution is -2.33. The number of benzene rings is 1. The van der Waals surface area contributed by atoms with Crippen molar-refractivity contribution in [3.63, 3.8) is 0 Å². The van der Waals surface area contributed by atoms with E-state index in [0.29, 0.717) is 5.56 Å². The van der Waals surface area contributed by atoms with Crippen molar-refractivity contribution in [1.29, 1.82) is 0 Å². The topological polar surface area (TPSA) is 127 Å². The van der Waals surface area contributed by atoms with E-state index in [4.69, 9.17) is 10.8 Å². The van der Waals surface area contributed by atoms with Crippen LogP contribution in [0.15, 0.2) is 29.2 Å². The lowest BCUT2D eigenvalue weighted by Gasteiger charge is -2.05. The molecule has 0 fully saturated rings. The van der Waals surface area contributed by atoms with Gasteiger partial charge in [0.1, 0.15) is 0 Å². The zero-order valence-corrected chi connectivity index (χ0v) is 10.1. The van der Waals surface area contributed by atoms with Crippen molar-refractivity contribution in [2.24, 2.45) is 5.73 Å². The van der Waals surface area contributed by atoms with Gasteiger partial charge in [-0.05, 0) is 17.7 Å². The molecule has 98 valence electrons. The fraction of sp³-hybridized carbons (Fsp3) is 0.200. The second kappa shape index (κ2) is 5.61. The molecular weight excluding hydrogens is 260 g/mol. The van der Waals surface area contributed by atoms with Crippen LogP contribution in [0.25, 0.3) is 0 Å². The maximum Gasteiger partial charge on any atom is 0.307 e. The molecule has 0 heterocycles. The number of sulfonamides is 1. The van der Waals surface area contributed by atoms with E-state index in [1.165, 1.54) is 24.3 Å². The Balaban J connectivity index is 2.84. The monoisotopic (exact) mass is 272 g/mol. The first-order valence-electron chi connectivity index (χ1n) is 4.90. The van der Waals surface area contributed by atoms with E-state index in [0.717, 1.165) is 0 Å². The average Bonchev–Trinajstić information content (AvgIpc) is 2.26. The minimum Gasteiger partial charge on any atom is -0.481 e. The Bertz CT molecular complexity index is 550. The minimum atomic E-state index is -3.80. The summed E-state index contributed by atoms with van der Waals surface area (Å²) in [7, 11) is -3.80. The number of rotatable bonds is 6. The predicted molar refractivity (Wildman–Crippen MR) is 62.2 cm³/mol. The first kappa shape index (κ1) is 14.1. The molecule has 0 saturated heterocycles. The van der Waals surface area contributed by atoms with Crippen LogP contribution < -0.4 is 10.5 Å². The van der Waals surface area contributed by atoms with Crippen LogP contribution in [0.1, 0.15) is 5.56 Å². The Kier molecular flexibility index (Phi) is 4.40. The number of carboxylic acid groups (broad SMARTS) is 1. The van der Waals surface area contributed by atoms with Crippen molar-refractivity contribution >= 4 is 21.9 Å². The zero-order valence-electron chi connectivity index (χ0n) is 9.29. The summed E-state index contributed by atoms with van der Waals surface area (Å²) in [5, 5.41) is 8.56. The molecule has 7 nitrogen and oxygen atoms in total. The second-order valence-electron chi connectivity index (χ2n) is 3.51. The normalized spacial score (nSPS) is 11.1. The maximum absolute atomic E-state index is 11.6. The molecule has 0 saturated carbocycles. The second-order valence-corrected chi connectivity index (χ2v) is 5.27. The Morgan fingerprint density at radius 3 is 2.22 bits per heavy atom. The Morgan fingerprint density at radius 2 is 1.78 bits per heavy atom. The summed E-state index contributed by atoms with van der Waals surface area (Å²) >= 11 is 0. The van der Waals surface area contributed by atoms with Crippen molar-refractivity contribution in [3.05, 3.63) is 29.8 Å². The van der Waals surface area contributed by atoms with Crippen LogP contribution in [-0.2, 0) is 26.0 Å². The summed E-state index contributed by atoms with van der Waals surface area (Å²) in [5.41, 5.74) is 5.31. The number of amides is 1. The van der Waals surface area contributed by atoms with Gasteiger partial charge in [0.05, 0.1) is 17.9 Å². The van der Waals surface area contributed by atoms with Crippen LogP contribution in [0.5, 0.6) is 0 Å². The molecule has 4 N–H and O–H groups in total. The minimum absolute atomic E-state index is 0.0575. The first-order valence-corrected chi connectivity index (χ1v) is 6.38. The van der Waals surface area contributed by atoms with Gasteiger partial charge in [0.25, 0.3) is 0 Å². The van der Waals surface area contributed by atoms with Gasteiger partial charge in [-0.1, -0.05) is 12.1 Å². The highest BCUT2D eigenvalue weighted by Gasteiger charge is 2.14. The van der Waals surface area contributed by atoms with Crippen LogP contribution in [0.3, 0.4) is 0 Å². The molecule has 18 heavy (non-hydrogen) atoms. The van der Waals surface area contributed by atoms with Crippen molar-refractivity contribution in [2.45, 2.75) is 11.3 Å². The molecule has 0 atom stereocenters. The summed E-state index contributed by atoms with van der Waals surface area (Å²) in [5.74, 6) is -1.79. The van der Waals surface area contributed by atoms with E-state index in [-0.39, 0.29) is 11.3 Å². The average molecular weight is 272 g/mol. The first-order chi connectivity index (χ1) is 8.31. The van der Waals surface area contributed by atoms with Crippen molar-refractivity contribution in [2.75, 3.05) is 6.54 Å². The van der Waals surface area contributed by atoms with Crippen molar-refractivity contribution in [3.8, 4) is 0 Å². The number of hydrogen-bond donors (Lipinski definition) is 3. The molecule has 0 aromatic heterocycles. The molecule has 8 heteroatoms. The van der Waals surface area contributed by atoms with Gasteiger partial charge >= 0.3 is 5.97 Å². The molecule has 1 rings (SSSR count). The van der Waals surface area contributed by atoms with Gasteiger partial charge in [-0.15, -0.1) is 0 Å². The molecule has 0 radical (unpaired) electrons. The third-order valence-electron chi connectivity index (χ3n) is 2.03. The van der Waals surface area contributed by atoms with E-state index in [1.807, 2.05) is 4.72 Å². The highest BCUT2D eigenvalue weighted by atomic mass is 32.2. The molecule has 1 aromatic rings. The summed E-state index contributed by atoms with van der Waals surface area (Å²) in [6.45, 7) is -0.487. The maximum atomic E-state index is 11.6. The highest BCUT2D eigenvalue weighted by molar-refractivity contribution is 7.89. The van der Waals surface area contributed by atoms with E-state index < -0.39 is 28.4 Å². The standard InChI is InChI=1S/C10H12N2O5S/c11-9(13)6-12-18(16,17)8-3-1-7(2-4-8)5-10(14)15/h1-4,12H,5-6H2,(H2,11,13)(H,14,15). The lowest BCUT2D eigenvalue weighted by molar-refractivity contribution is -0.136. The molecular formula is C10H12N2O5S. The third-order valence-corrected chi connectivity index (χ3v) is 3.44. The van der Waals surface area contributed by atoms with Crippen LogP contribution in [-0.4, -0.2) is 31.9 Å². The SMILES string of the molecule is NC(=O)CNS(=O)(=O)c1ccc(CC(=O)O)cc1. The molecule has 1 aromatic carbocycles. The summed E-state index contributed by atoms with van der Waals surface area (Å²) in [6.07, 6.45) is -0.185. The van der Waals surface area contributed by atoms with Crippen molar-refractivity contribution < 1.29 is 23.1 Å². The van der Waals surface area contributed by atoms with Crippen LogP contribution >= 0.6 is 0 Å². The molecule has 0 bridgehead atoms. The number of aliphatic carboxylic acids is 1. The summed E-state index contributed by atoms with van der Waals surface area (Å²) in [6, 6.07) is 5.32. The number of nitrogens with two attached hydrogens (primary N) is 1. The van der Waals surface area contributed by atoms with Gasteiger partial charge in [0.15, 0.2) is 0 Å². The van der Waals surface area contributed by atoms with E-state index >= 15 is 0 Å². The van der Waals surface area contributed by atoms with E-state index in [2.05, 4.69) is 0 Å². The number of hydrogen-bond acceptors (Lipinski definition) is 4. The smallest absolute Gasteiger partial charge is 0.307 e. The molecule has 0 aliphatic rings. The number of nitrogens with one attached hydrogen (secondary N) is 1. The molecule has 0 aliphatic carbocycles. The fourth-order valence-electron chi connectivity index (χ4n) is 1.21. The summed E-state index contributed by atoms with van der Waals surface area (Å²) in [4.78, 5) is 20.9. The van der Waals surface area contributed by atoms with Gasteiger partial charge < -0.3 is 10.8 Å². The zero-order chi connectivity index (χ0) is 13.8. The Hall–Kier alpha value is -1.93. The molecule has 1 amide bonds. The number of carbonyl (C=O) groups excluding carboxylic acids is 1. The Labute approximate surface area is 104 Å². The van der Waals surface area contributed by atoms with Gasteiger partial charge in [-0.2, -0.15) is 0 Å². The van der Waals surface area contributed by atoms with Gasteiger partial charge in [-0.25, -0.2) is 13.1 Å². The summed E-state index contributed by atoms with van der Waals surface area (Å²) < 4.78 is 25.3. The van der Waals surface area contributed by atoms with Crippen LogP contribution in [0.4, 0.5) is 0 Å². The van der Waals surface area contributed by atoms with Gasteiger partial charge in [0, 0.05) is 0 Å². The van der Waals surface area contributed by atoms with Crippen LogP contribution in [0.2, 0.25) is 0 Å². The van der Waals surface area contributed by atoms with E-state index in [1.54, 1.807) is 0 Å². The third kappa shape index (κ3) is 4.15. The number of carboxylic acids is 1. The van der Waals surface area contributed by atoms with Gasteiger partial charge in [-0.3, -0.25) is 9.59 Å². The Morgan fingerprint density at radius 1 is 1.22 bits per heavy atom. The quantitative estimate of drug-likeness (QED) is 0.617.